The van der Waals surface area contributed by atoms with E-state index in [1.54, 1.807) is 12.1 Å². The second-order valence-electron chi connectivity index (χ2n) is 4.37. The van der Waals surface area contributed by atoms with Crippen molar-refractivity contribution in [3.63, 3.8) is 0 Å². The first kappa shape index (κ1) is 15.2. The van der Waals surface area contributed by atoms with Crippen LogP contribution in [-0.2, 0) is 13.1 Å². The fourth-order valence-electron chi connectivity index (χ4n) is 1.89. The fourth-order valence-corrected chi connectivity index (χ4v) is 2.44. The Morgan fingerprint density at radius 2 is 1.35 bits per heavy atom. The topological polar surface area (TPSA) is 20.3 Å². The zero-order valence-corrected chi connectivity index (χ0v) is 12.8. The molecule has 0 unspecified atom stereocenters. The zero-order valence-electron chi connectivity index (χ0n) is 10.5. The Morgan fingerprint density at radius 3 is 1.70 bits per heavy atom. The van der Waals surface area contributed by atoms with Crippen LogP contribution in [0.2, 0.25) is 10.0 Å². The first-order chi connectivity index (χ1) is 9.54. The lowest BCUT2D eigenvalue weighted by Gasteiger charge is -2.20. The number of benzene rings is 2. The monoisotopic (exact) mass is 327 g/mol. The van der Waals surface area contributed by atoms with Gasteiger partial charge in [0.2, 0.25) is 0 Å². The van der Waals surface area contributed by atoms with Crippen LogP contribution >= 0.6 is 34.8 Å². The molecule has 0 saturated heterocycles. The lowest BCUT2D eigenvalue weighted by atomic mass is 10.2. The summed E-state index contributed by atoms with van der Waals surface area (Å²) in [6, 6.07) is 14.7. The van der Waals surface area contributed by atoms with Crippen molar-refractivity contribution in [2.45, 2.75) is 13.1 Å². The lowest BCUT2D eigenvalue weighted by Crippen LogP contribution is -2.25. The molecule has 1 amide bonds. The number of halogens is 3. The van der Waals surface area contributed by atoms with E-state index < -0.39 is 5.37 Å². The highest BCUT2D eigenvalue weighted by molar-refractivity contribution is 6.62. The smallest absolute Gasteiger partial charge is 0.316 e. The number of amides is 1. The van der Waals surface area contributed by atoms with Crippen molar-refractivity contribution < 1.29 is 4.79 Å². The van der Waals surface area contributed by atoms with Crippen LogP contribution < -0.4 is 0 Å². The maximum absolute atomic E-state index is 11.5. The molecule has 0 aliphatic carbocycles. The van der Waals surface area contributed by atoms with Crippen molar-refractivity contribution in [2.24, 2.45) is 0 Å². The molecule has 0 aromatic heterocycles. The van der Waals surface area contributed by atoms with Crippen LogP contribution in [0.1, 0.15) is 11.1 Å². The Labute approximate surface area is 132 Å². The van der Waals surface area contributed by atoms with E-state index in [0.29, 0.717) is 23.1 Å². The minimum atomic E-state index is -0.509. The van der Waals surface area contributed by atoms with E-state index in [0.717, 1.165) is 11.1 Å². The van der Waals surface area contributed by atoms with Crippen LogP contribution in [-0.4, -0.2) is 10.3 Å². The number of carbonyl (C=O) groups is 1. The van der Waals surface area contributed by atoms with Crippen molar-refractivity contribution in [3.05, 3.63) is 69.7 Å². The van der Waals surface area contributed by atoms with Gasteiger partial charge in [0.05, 0.1) is 0 Å². The molecular weight excluding hydrogens is 317 g/mol. The summed E-state index contributed by atoms with van der Waals surface area (Å²) in [7, 11) is 0. The summed E-state index contributed by atoms with van der Waals surface area (Å²) in [4.78, 5) is 13.1. The Kier molecular flexibility index (Phi) is 5.30. The number of carbonyl (C=O) groups excluding carboxylic acids is 1. The quantitative estimate of drug-likeness (QED) is 0.547. The van der Waals surface area contributed by atoms with E-state index in [9.17, 15) is 4.79 Å². The van der Waals surface area contributed by atoms with Crippen LogP contribution in [0.5, 0.6) is 0 Å². The van der Waals surface area contributed by atoms with E-state index in [2.05, 4.69) is 0 Å². The number of nitrogens with zero attached hydrogens (tertiary/aromatic N) is 1. The van der Waals surface area contributed by atoms with Gasteiger partial charge in [-0.1, -0.05) is 47.5 Å². The summed E-state index contributed by atoms with van der Waals surface area (Å²) in [6.07, 6.45) is 0. The number of hydrogen-bond acceptors (Lipinski definition) is 1. The Hall–Kier alpha value is -1.22. The minimum Gasteiger partial charge on any atom is -0.321 e. The van der Waals surface area contributed by atoms with Gasteiger partial charge in [-0.3, -0.25) is 4.79 Å². The second-order valence-corrected chi connectivity index (χ2v) is 5.57. The molecule has 0 N–H and O–H groups in total. The molecule has 0 saturated carbocycles. The molecule has 0 aliphatic heterocycles. The normalized spacial score (nSPS) is 10.3. The maximum Gasteiger partial charge on any atom is 0.316 e. The second kappa shape index (κ2) is 6.98. The summed E-state index contributed by atoms with van der Waals surface area (Å²) in [5.74, 6) is 0. The van der Waals surface area contributed by atoms with E-state index in [1.807, 2.05) is 36.4 Å². The molecule has 0 fully saturated rings. The molecule has 104 valence electrons. The molecule has 2 rings (SSSR count). The first-order valence-electron chi connectivity index (χ1n) is 5.98. The maximum atomic E-state index is 11.5. The lowest BCUT2D eigenvalue weighted by molar-refractivity contribution is 0.216. The van der Waals surface area contributed by atoms with Gasteiger partial charge < -0.3 is 4.90 Å². The zero-order chi connectivity index (χ0) is 14.5. The third-order valence-corrected chi connectivity index (χ3v) is 3.48. The summed E-state index contributed by atoms with van der Waals surface area (Å²) >= 11 is 17.5. The van der Waals surface area contributed by atoms with Crippen LogP contribution in [0, 0.1) is 0 Å². The van der Waals surface area contributed by atoms with Gasteiger partial charge in [-0.15, -0.1) is 0 Å². The van der Waals surface area contributed by atoms with Gasteiger partial charge in [0.15, 0.2) is 0 Å². The molecule has 0 aliphatic rings. The average molecular weight is 329 g/mol. The molecular formula is C15H12Cl3NO. The summed E-state index contributed by atoms with van der Waals surface area (Å²) < 4.78 is 0. The molecule has 0 heterocycles. The molecule has 2 aromatic rings. The van der Waals surface area contributed by atoms with Crippen LogP contribution in [0.3, 0.4) is 0 Å². The fraction of sp³-hybridized carbons (Fsp3) is 0.133. The molecule has 0 bridgehead atoms. The number of hydrogen-bond donors (Lipinski definition) is 0. The highest BCUT2D eigenvalue weighted by Crippen LogP contribution is 2.17. The van der Waals surface area contributed by atoms with Gasteiger partial charge in [-0.05, 0) is 47.0 Å². The summed E-state index contributed by atoms with van der Waals surface area (Å²) in [5.41, 5.74) is 1.85. The van der Waals surface area contributed by atoms with Crippen LogP contribution in [0.4, 0.5) is 4.79 Å². The van der Waals surface area contributed by atoms with Gasteiger partial charge in [0.25, 0.3) is 0 Å². The van der Waals surface area contributed by atoms with Crippen molar-refractivity contribution in [3.8, 4) is 0 Å². The molecule has 0 spiro atoms. The third kappa shape index (κ3) is 4.41. The molecule has 2 nitrogen and oxygen atoms in total. The first-order valence-corrected chi connectivity index (χ1v) is 7.11. The van der Waals surface area contributed by atoms with Crippen LogP contribution in [0.25, 0.3) is 0 Å². The van der Waals surface area contributed by atoms with E-state index in [-0.39, 0.29) is 0 Å². The number of rotatable bonds is 4. The van der Waals surface area contributed by atoms with E-state index in [4.69, 9.17) is 34.8 Å². The summed E-state index contributed by atoms with van der Waals surface area (Å²) in [5, 5.41) is 0.754. The van der Waals surface area contributed by atoms with E-state index in [1.165, 1.54) is 4.90 Å². The van der Waals surface area contributed by atoms with Crippen molar-refractivity contribution in [1.82, 2.24) is 4.90 Å². The Bertz CT molecular complexity index is 568. The Morgan fingerprint density at radius 1 is 0.900 bits per heavy atom. The molecule has 0 radical (unpaired) electrons. The van der Waals surface area contributed by atoms with Crippen molar-refractivity contribution >= 4 is 40.2 Å². The van der Waals surface area contributed by atoms with Gasteiger partial charge in [0.1, 0.15) is 0 Å². The summed E-state index contributed by atoms with van der Waals surface area (Å²) in [6.45, 7) is 0.796. The van der Waals surface area contributed by atoms with E-state index >= 15 is 0 Å². The third-order valence-electron chi connectivity index (χ3n) is 2.77. The highest BCUT2D eigenvalue weighted by Gasteiger charge is 2.12. The molecule has 2 aromatic carbocycles. The molecule has 20 heavy (non-hydrogen) atoms. The minimum absolute atomic E-state index is 0.398. The standard InChI is InChI=1S/C15H12Cl3NO/c16-13-5-1-3-11(7-13)9-19(15(18)20)10-12-4-2-6-14(17)8-12/h1-8H,9-10H2. The Balaban J connectivity index is 2.13. The van der Waals surface area contributed by atoms with Gasteiger partial charge in [-0.2, -0.15) is 0 Å². The van der Waals surface area contributed by atoms with Crippen LogP contribution in [0.15, 0.2) is 48.5 Å². The average Bonchev–Trinajstić information content (AvgIpc) is 2.38. The van der Waals surface area contributed by atoms with Crippen molar-refractivity contribution in [2.75, 3.05) is 0 Å². The van der Waals surface area contributed by atoms with Gasteiger partial charge >= 0.3 is 5.37 Å². The van der Waals surface area contributed by atoms with Gasteiger partial charge in [0, 0.05) is 23.1 Å². The predicted molar refractivity (Wildman–Crippen MR) is 83.4 cm³/mol. The largest absolute Gasteiger partial charge is 0.321 e. The van der Waals surface area contributed by atoms with Gasteiger partial charge in [-0.25, -0.2) is 0 Å². The predicted octanol–water partition coefficient (Wildman–Crippen LogP) is 5.35. The SMILES string of the molecule is O=C(Cl)N(Cc1cccc(Cl)c1)Cc1cccc(Cl)c1. The molecule has 0 atom stereocenters. The van der Waals surface area contributed by atoms with Crippen molar-refractivity contribution in [1.29, 1.82) is 0 Å². The molecule has 5 heteroatoms. The highest BCUT2D eigenvalue weighted by atomic mass is 35.5.